The van der Waals surface area contributed by atoms with Crippen molar-refractivity contribution in [3.63, 3.8) is 0 Å². The predicted octanol–water partition coefficient (Wildman–Crippen LogP) is 1.74. The van der Waals surface area contributed by atoms with Crippen LogP contribution < -0.4 is 5.46 Å². The van der Waals surface area contributed by atoms with E-state index in [0.717, 1.165) is 6.42 Å². The molecule has 15 heavy (non-hydrogen) atoms. The van der Waals surface area contributed by atoms with Crippen molar-refractivity contribution in [1.82, 2.24) is 0 Å². The van der Waals surface area contributed by atoms with Crippen molar-refractivity contribution < 1.29 is 10.0 Å². The summed E-state index contributed by atoms with van der Waals surface area (Å²) < 4.78 is 0. The van der Waals surface area contributed by atoms with Crippen LogP contribution in [0.4, 0.5) is 0 Å². The zero-order valence-electron chi connectivity index (χ0n) is 9.90. The molecule has 0 spiro atoms. The summed E-state index contributed by atoms with van der Waals surface area (Å²) in [5.41, 5.74) is 1.81. The number of aryl methyl sites for hydroxylation is 1. The summed E-state index contributed by atoms with van der Waals surface area (Å²) in [5, 5.41) is 17.7. The van der Waals surface area contributed by atoms with E-state index in [1.165, 1.54) is 18.4 Å². The van der Waals surface area contributed by atoms with Crippen LogP contribution in [0.15, 0.2) is 24.3 Å². The fourth-order valence-corrected chi connectivity index (χ4v) is 1.24. The molecule has 1 rings (SSSR count). The first kappa shape index (κ1) is 14.2. The summed E-state index contributed by atoms with van der Waals surface area (Å²) in [6.07, 6.45) is 3.43. The van der Waals surface area contributed by atoms with Gasteiger partial charge in [-0.2, -0.15) is 0 Å². The third-order valence-corrected chi connectivity index (χ3v) is 2.10. The Hall–Kier alpha value is -0.795. The number of unbranched alkanes of at least 4 members (excludes halogenated alkanes) is 1. The summed E-state index contributed by atoms with van der Waals surface area (Å²) >= 11 is 0. The second-order valence-electron chi connectivity index (χ2n) is 3.22. The Morgan fingerprint density at radius 3 is 2.00 bits per heavy atom. The van der Waals surface area contributed by atoms with Crippen molar-refractivity contribution in [1.29, 1.82) is 0 Å². The molecule has 0 aliphatic carbocycles. The third-order valence-electron chi connectivity index (χ3n) is 2.10. The van der Waals surface area contributed by atoms with Crippen LogP contribution in [0.5, 0.6) is 0 Å². The summed E-state index contributed by atoms with van der Waals surface area (Å²) in [4.78, 5) is 0. The molecule has 2 nitrogen and oxygen atoms in total. The molecular weight excluding hydrogens is 187 g/mol. The molecule has 0 bridgehead atoms. The molecule has 0 aliphatic rings. The van der Waals surface area contributed by atoms with Crippen molar-refractivity contribution in [3.05, 3.63) is 29.8 Å². The average molecular weight is 208 g/mol. The van der Waals surface area contributed by atoms with Gasteiger partial charge in [0.05, 0.1) is 0 Å². The highest BCUT2D eigenvalue weighted by Crippen LogP contribution is 2.03. The Kier molecular flexibility index (Phi) is 8.06. The van der Waals surface area contributed by atoms with E-state index in [1.54, 1.807) is 12.1 Å². The van der Waals surface area contributed by atoms with Gasteiger partial charge in [-0.1, -0.05) is 51.5 Å². The SMILES string of the molecule is CC.CCCCc1ccc(B(O)O)cc1. The van der Waals surface area contributed by atoms with E-state index in [-0.39, 0.29) is 0 Å². The van der Waals surface area contributed by atoms with Crippen LogP contribution in [0, 0.1) is 0 Å². The molecular formula is C12H21BO2. The Bertz CT molecular complexity index is 244. The molecule has 0 heterocycles. The van der Waals surface area contributed by atoms with Crippen molar-refractivity contribution >= 4 is 12.6 Å². The van der Waals surface area contributed by atoms with Crippen LogP contribution in [0.3, 0.4) is 0 Å². The van der Waals surface area contributed by atoms with Gasteiger partial charge in [0.15, 0.2) is 0 Å². The molecule has 0 saturated heterocycles. The minimum atomic E-state index is -1.35. The van der Waals surface area contributed by atoms with E-state index in [9.17, 15) is 0 Å². The van der Waals surface area contributed by atoms with Crippen molar-refractivity contribution in [2.75, 3.05) is 0 Å². The first-order chi connectivity index (χ1) is 7.24. The van der Waals surface area contributed by atoms with Gasteiger partial charge in [-0.05, 0) is 23.9 Å². The second kappa shape index (κ2) is 8.51. The monoisotopic (exact) mass is 208 g/mol. The van der Waals surface area contributed by atoms with Crippen LogP contribution in [-0.4, -0.2) is 17.2 Å². The molecule has 1 aromatic rings. The number of benzene rings is 1. The van der Waals surface area contributed by atoms with Crippen LogP contribution in [0.25, 0.3) is 0 Å². The minimum Gasteiger partial charge on any atom is -0.423 e. The molecule has 0 unspecified atom stereocenters. The smallest absolute Gasteiger partial charge is 0.423 e. The summed E-state index contributed by atoms with van der Waals surface area (Å²) in [6.45, 7) is 6.16. The van der Waals surface area contributed by atoms with Gasteiger partial charge in [0, 0.05) is 0 Å². The maximum Gasteiger partial charge on any atom is 0.488 e. The second-order valence-corrected chi connectivity index (χ2v) is 3.22. The standard InChI is InChI=1S/C10H15BO2.C2H6/c1-2-3-4-9-5-7-10(8-6-9)11(12)13;1-2/h5-8,12-13H,2-4H2,1H3;1-2H3. The minimum absolute atomic E-state index is 0.556. The quantitative estimate of drug-likeness (QED) is 0.740. The molecule has 0 atom stereocenters. The van der Waals surface area contributed by atoms with Gasteiger partial charge in [0.25, 0.3) is 0 Å². The maximum absolute atomic E-state index is 8.85. The Balaban J connectivity index is 0.000000921. The van der Waals surface area contributed by atoms with Crippen LogP contribution in [-0.2, 0) is 6.42 Å². The van der Waals surface area contributed by atoms with Gasteiger partial charge >= 0.3 is 7.12 Å². The molecule has 0 amide bonds. The highest BCUT2D eigenvalue weighted by Gasteiger charge is 2.09. The van der Waals surface area contributed by atoms with Gasteiger partial charge < -0.3 is 10.0 Å². The maximum atomic E-state index is 8.85. The highest BCUT2D eigenvalue weighted by atomic mass is 16.4. The molecule has 0 saturated carbocycles. The van der Waals surface area contributed by atoms with E-state index < -0.39 is 7.12 Å². The average Bonchev–Trinajstić information content (AvgIpc) is 2.29. The van der Waals surface area contributed by atoms with Gasteiger partial charge in [-0.3, -0.25) is 0 Å². The largest absolute Gasteiger partial charge is 0.488 e. The zero-order chi connectivity index (χ0) is 11.7. The molecule has 0 radical (unpaired) electrons. The lowest BCUT2D eigenvalue weighted by atomic mass is 9.80. The highest BCUT2D eigenvalue weighted by molar-refractivity contribution is 6.58. The number of rotatable bonds is 4. The van der Waals surface area contributed by atoms with Crippen LogP contribution >= 0.6 is 0 Å². The van der Waals surface area contributed by atoms with Gasteiger partial charge in [0.1, 0.15) is 0 Å². The fraction of sp³-hybridized carbons (Fsp3) is 0.500. The molecule has 1 aromatic carbocycles. The van der Waals surface area contributed by atoms with Crippen molar-refractivity contribution in [3.8, 4) is 0 Å². The van der Waals surface area contributed by atoms with Gasteiger partial charge in [0.2, 0.25) is 0 Å². The first-order valence-electron chi connectivity index (χ1n) is 5.69. The summed E-state index contributed by atoms with van der Waals surface area (Å²) in [6, 6.07) is 7.42. The van der Waals surface area contributed by atoms with Gasteiger partial charge in [-0.15, -0.1) is 0 Å². The van der Waals surface area contributed by atoms with Crippen molar-refractivity contribution in [2.24, 2.45) is 0 Å². The van der Waals surface area contributed by atoms with E-state index >= 15 is 0 Å². The van der Waals surface area contributed by atoms with E-state index in [2.05, 4.69) is 6.92 Å². The molecule has 0 fully saturated rings. The lowest BCUT2D eigenvalue weighted by Crippen LogP contribution is -2.29. The van der Waals surface area contributed by atoms with Crippen LogP contribution in [0.1, 0.15) is 39.2 Å². The summed E-state index contributed by atoms with van der Waals surface area (Å²) in [7, 11) is -1.35. The fourth-order valence-electron chi connectivity index (χ4n) is 1.24. The lowest BCUT2D eigenvalue weighted by Gasteiger charge is -2.02. The van der Waals surface area contributed by atoms with Gasteiger partial charge in [-0.25, -0.2) is 0 Å². The Morgan fingerprint density at radius 2 is 1.60 bits per heavy atom. The van der Waals surface area contributed by atoms with E-state index in [4.69, 9.17) is 10.0 Å². The molecule has 0 aliphatic heterocycles. The lowest BCUT2D eigenvalue weighted by molar-refractivity contribution is 0.426. The predicted molar refractivity (Wildman–Crippen MR) is 66.2 cm³/mol. The van der Waals surface area contributed by atoms with Crippen LogP contribution in [0.2, 0.25) is 0 Å². The van der Waals surface area contributed by atoms with Crippen molar-refractivity contribution in [2.45, 2.75) is 40.0 Å². The summed E-state index contributed by atoms with van der Waals surface area (Å²) in [5.74, 6) is 0. The van der Waals surface area contributed by atoms with E-state index in [1.807, 2.05) is 26.0 Å². The molecule has 3 heteroatoms. The first-order valence-corrected chi connectivity index (χ1v) is 5.69. The number of hydrogen-bond donors (Lipinski definition) is 2. The Morgan fingerprint density at radius 1 is 1.07 bits per heavy atom. The zero-order valence-corrected chi connectivity index (χ0v) is 9.90. The topological polar surface area (TPSA) is 40.5 Å². The normalized spacial score (nSPS) is 9.13. The Labute approximate surface area is 93.1 Å². The third kappa shape index (κ3) is 5.60. The molecule has 2 N–H and O–H groups in total. The molecule has 84 valence electrons. The molecule has 0 aromatic heterocycles. The number of hydrogen-bond acceptors (Lipinski definition) is 2. The van der Waals surface area contributed by atoms with E-state index in [0.29, 0.717) is 5.46 Å².